The monoisotopic (exact) mass is 1050 g/mol. The lowest BCUT2D eigenvalue weighted by molar-refractivity contribution is -0.143. The van der Waals surface area contributed by atoms with Crippen molar-refractivity contribution in [2.75, 3.05) is 13.2 Å². The SMILES string of the molecule is CCCCC/C=C\C/C=C\CCCCCCCCCCCC(=O)OCCCCCCCCCCC/C=C\CCCCCCCC(=O)NC(CO)C(O)/C=C/CCCCCCCCCCCCCCCCCCCCC. The van der Waals surface area contributed by atoms with Crippen molar-refractivity contribution in [3.05, 3.63) is 48.6 Å². The lowest BCUT2D eigenvalue weighted by atomic mass is 10.0. The third kappa shape index (κ3) is 60.9. The fraction of sp³-hybridized carbons (Fsp3) is 0.855. The first-order chi connectivity index (χ1) is 37.0. The quantitative estimate of drug-likeness (QED) is 0.0320. The van der Waals surface area contributed by atoms with Crippen molar-refractivity contribution in [2.45, 2.75) is 366 Å². The number of carbonyl (C=O) groups is 2. The van der Waals surface area contributed by atoms with E-state index in [1.54, 1.807) is 6.08 Å². The topological polar surface area (TPSA) is 95.9 Å². The molecule has 0 saturated heterocycles. The molecule has 75 heavy (non-hydrogen) atoms. The van der Waals surface area contributed by atoms with Gasteiger partial charge in [0.05, 0.1) is 25.4 Å². The number of esters is 1. The van der Waals surface area contributed by atoms with Crippen LogP contribution in [-0.2, 0) is 14.3 Å². The van der Waals surface area contributed by atoms with Gasteiger partial charge >= 0.3 is 5.97 Å². The molecule has 0 aromatic rings. The van der Waals surface area contributed by atoms with Gasteiger partial charge in [0, 0.05) is 12.8 Å². The highest BCUT2D eigenvalue weighted by molar-refractivity contribution is 5.76. The number of aliphatic hydroxyl groups is 2. The number of allylic oxidation sites excluding steroid dienone is 7. The largest absolute Gasteiger partial charge is 0.466 e. The average molecular weight is 1050 g/mol. The molecule has 0 fully saturated rings. The summed E-state index contributed by atoms with van der Waals surface area (Å²) in [7, 11) is 0. The zero-order valence-corrected chi connectivity index (χ0v) is 50.3. The van der Waals surface area contributed by atoms with Gasteiger partial charge in [0.15, 0.2) is 0 Å². The van der Waals surface area contributed by atoms with Crippen molar-refractivity contribution in [2.24, 2.45) is 0 Å². The Hall–Kier alpha value is -2.18. The number of unbranched alkanes of at least 4 members (excludes halogenated alkanes) is 45. The molecule has 0 radical (unpaired) electrons. The predicted molar refractivity (Wildman–Crippen MR) is 329 cm³/mol. The molecule has 0 spiro atoms. The van der Waals surface area contributed by atoms with Crippen LogP contribution in [0, 0.1) is 0 Å². The normalized spacial score (nSPS) is 12.9. The van der Waals surface area contributed by atoms with Crippen LogP contribution >= 0.6 is 0 Å². The molecule has 6 heteroatoms. The van der Waals surface area contributed by atoms with E-state index in [9.17, 15) is 19.8 Å². The van der Waals surface area contributed by atoms with Crippen molar-refractivity contribution in [1.29, 1.82) is 0 Å². The fourth-order valence-electron chi connectivity index (χ4n) is 10.2. The van der Waals surface area contributed by atoms with Gasteiger partial charge in [-0.3, -0.25) is 9.59 Å². The molecule has 0 aliphatic heterocycles. The standard InChI is InChI=1S/C69H129NO5/c1-3-5-7-9-11-13-15-17-19-21-23-24-26-29-33-37-41-45-49-53-57-61-67(72)66(65-71)70-68(73)62-58-54-50-46-42-38-34-30-27-28-32-36-40-44-48-52-56-60-64-75-69(74)63-59-55-51-47-43-39-35-31-25-22-20-18-16-14-12-10-8-6-4-2/h12,14,18,20,30,34,57,61,66-67,71-72H,3-11,13,15-17,19,21-29,31-33,35-56,58-60,62-65H2,1-2H3,(H,70,73)/b14-12-,20-18-,34-30-,61-57+. The van der Waals surface area contributed by atoms with E-state index >= 15 is 0 Å². The smallest absolute Gasteiger partial charge is 0.305 e. The van der Waals surface area contributed by atoms with Crippen molar-refractivity contribution in [1.82, 2.24) is 5.32 Å². The minimum Gasteiger partial charge on any atom is -0.466 e. The van der Waals surface area contributed by atoms with Gasteiger partial charge in [0.2, 0.25) is 5.91 Å². The minimum atomic E-state index is -0.855. The number of aliphatic hydroxyl groups excluding tert-OH is 2. The number of hydrogen-bond donors (Lipinski definition) is 3. The molecule has 2 unspecified atom stereocenters. The van der Waals surface area contributed by atoms with Gasteiger partial charge in [-0.1, -0.05) is 300 Å². The summed E-state index contributed by atoms with van der Waals surface area (Å²) >= 11 is 0. The van der Waals surface area contributed by atoms with Gasteiger partial charge in [-0.15, -0.1) is 0 Å². The van der Waals surface area contributed by atoms with E-state index < -0.39 is 12.1 Å². The van der Waals surface area contributed by atoms with Gasteiger partial charge < -0.3 is 20.3 Å². The second-order valence-electron chi connectivity index (χ2n) is 22.8. The molecule has 440 valence electrons. The van der Waals surface area contributed by atoms with E-state index in [2.05, 4.69) is 55.6 Å². The molecule has 0 bridgehead atoms. The molecule has 6 nitrogen and oxygen atoms in total. The summed E-state index contributed by atoms with van der Waals surface area (Å²) in [6.45, 7) is 4.88. The van der Waals surface area contributed by atoms with Crippen molar-refractivity contribution in [3.8, 4) is 0 Å². The van der Waals surface area contributed by atoms with Crippen LogP contribution in [0.2, 0.25) is 0 Å². The third-order valence-corrected chi connectivity index (χ3v) is 15.3. The Labute approximate surface area is 467 Å². The van der Waals surface area contributed by atoms with Crippen LogP contribution in [0.5, 0.6) is 0 Å². The molecule has 0 saturated carbocycles. The number of carbonyl (C=O) groups excluding carboxylic acids is 2. The van der Waals surface area contributed by atoms with Crippen LogP contribution in [0.4, 0.5) is 0 Å². The molecule has 0 aliphatic rings. The van der Waals surface area contributed by atoms with Crippen LogP contribution in [0.3, 0.4) is 0 Å². The maximum atomic E-state index is 12.5. The third-order valence-electron chi connectivity index (χ3n) is 15.3. The molecule has 3 N–H and O–H groups in total. The van der Waals surface area contributed by atoms with Crippen molar-refractivity contribution >= 4 is 11.9 Å². The first-order valence-electron chi connectivity index (χ1n) is 33.4. The summed E-state index contributed by atoms with van der Waals surface area (Å²) in [5, 5.41) is 23.2. The zero-order valence-electron chi connectivity index (χ0n) is 50.3. The summed E-state index contributed by atoms with van der Waals surface area (Å²) in [5.41, 5.74) is 0. The molecule has 1 amide bonds. The Bertz CT molecular complexity index is 1260. The Kier molecular flexibility index (Phi) is 62.5. The first kappa shape index (κ1) is 72.8. The molecular weight excluding hydrogens is 923 g/mol. The predicted octanol–water partition coefficient (Wildman–Crippen LogP) is 21.3. The summed E-state index contributed by atoms with van der Waals surface area (Å²) in [4.78, 5) is 24.6. The zero-order chi connectivity index (χ0) is 54.3. The average Bonchev–Trinajstić information content (AvgIpc) is 3.41. The van der Waals surface area contributed by atoms with E-state index in [0.29, 0.717) is 19.4 Å². The lowest BCUT2D eigenvalue weighted by Gasteiger charge is -2.20. The highest BCUT2D eigenvalue weighted by atomic mass is 16.5. The maximum absolute atomic E-state index is 12.5. The van der Waals surface area contributed by atoms with E-state index in [4.69, 9.17) is 4.74 Å². The number of amides is 1. The molecule has 0 heterocycles. The van der Waals surface area contributed by atoms with E-state index in [-0.39, 0.29) is 18.5 Å². The first-order valence-corrected chi connectivity index (χ1v) is 33.4. The molecule has 0 aliphatic carbocycles. The number of ether oxygens (including phenoxy) is 1. The van der Waals surface area contributed by atoms with Gasteiger partial charge in [0.1, 0.15) is 0 Å². The van der Waals surface area contributed by atoms with E-state index in [0.717, 1.165) is 70.6 Å². The van der Waals surface area contributed by atoms with Crippen LogP contribution < -0.4 is 5.32 Å². The number of nitrogens with one attached hydrogen (secondary N) is 1. The highest BCUT2D eigenvalue weighted by Gasteiger charge is 2.18. The lowest BCUT2D eigenvalue weighted by Crippen LogP contribution is -2.45. The highest BCUT2D eigenvalue weighted by Crippen LogP contribution is 2.17. The summed E-state index contributed by atoms with van der Waals surface area (Å²) < 4.78 is 5.49. The minimum absolute atomic E-state index is 0.00143. The van der Waals surface area contributed by atoms with Gasteiger partial charge in [-0.05, 0) is 89.9 Å². The van der Waals surface area contributed by atoms with Crippen LogP contribution in [0.1, 0.15) is 354 Å². The molecular formula is C69H129NO5. The second-order valence-corrected chi connectivity index (χ2v) is 22.8. The number of rotatable bonds is 62. The fourth-order valence-corrected chi connectivity index (χ4v) is 10.2. The molecule has 0 aromatic heterocycles. The van der Waals surface area contributed by atoms with Crippen LogP contribution in [0.25, 0.3) is 0 Å². The Balaban J connectivity index is 3.47. The Morgan fingerprint density at radius 2 is 0.667 bits per heavy atom. The Morgan fingerprint density at radius 3 is 1.05 bits per heavy atom. The molecule has 2 atom stereocenters. The summed E-state index contributed by atoms with van der Waals surface area (Å²) in [5.74, 6) is -0.0814. The van der Waals surface area contributed by atoms with Gasteiger partial charge in [0.25, 0.3) is 0 Å². The second kappa shape index (κ2) is 64.3. The van der Waals surface area contributed by atoms with Crippen molar-refractivity contribution < 1.29 is 24.5 Å². The van der Waals surface area contributed by atoms with E-state index in [1.807, 2.05) is 6.08 Å². The number of hydrogen-bond acceptors (Lipinski definition) is 5. The van der Waals surface area contributed by atoms with Crippen LogP contribution in [0.15, 0.2) is 48.6 Å². The molecule has 0 rings (SSSR count). The Morgan fingerprint density at radius 1 is 0.373 bits per heavy atom. The molecule has 0 aromatic carbocycles. The summed E-state index contributed by atoms with van der Waals surface area (Å²) in [6.07, 6.45) is 83.0. The van der Waals surface area contributed by atoms with Gasteiger partial charge in [-0.25, -0.2) is 0 Å². The van der Waals surface area contributed by atoms with Crippen LogP contribution in [-0.4, -0.2) is 47.4 Å². The summed E-state index contributed by atoms with van der Waals surface area (Å²) in [6, 6.07) is -0.640. The van der Waals surface area contributed by atoms with Gasteiger partial charge in [-0.2, -0.15) is 0 Å². The van der Waals surface area contributed by atoms with E-state index in [1.165, 1.54) is 257 Å². The van der Waals surface area contributed by atoms with Crippen molar-refractivity contribution in [3.63, 3.8) is 0 Å². The maximum Gasteiger partial charge on any atom is 0.305 e.